The third-order valence-corrected chi connectivity index (χ3v) is 1.01. The molecule has 0 aliphatic rings. The molecule has 5 nitrogen and oxygen atoms in total. The lowest BCUT2D eigenvalue weighted by Gasteiger charge is -1.98. The Morgan fingerprint density at radius 3 is 2.22 bits per heavy atom. The minimum atomic E-state index is -4.47. The van der Waals surface area contributed by atoms with E-state index in [1.54, 1.807) is 0 Å². The molecule has 0 aliphatic heterocycles. The summed E-state index contributed by atoms with van der Waals surface area (Å²) in [4.78, 5) is 9.68. The largest absolute Gasteiger partial charge is 0.398 e. The summed E-state index contributed by atoms with van der Waals surface area (Å²) in [5.74, 6) is 0. The van der Waals surface area contributed by atoms with Crippen molar-refractivity contribution >= 4 is 16.7 Å². The highest BCUT2D eigenvalue weighted by molar-refractivity contribution is 7.80. The first-order valence-corrected chi connectivity index (χ1v) is 3.43. The predicted molar refractivity (Wildman–Crippen MR) is 28.2 cm³/mol. The number of rotatable bonds is 3. The van der Waals surface area contributed by atoms with Crippen LogP contribution in [0.15, 0.2) is 0 Å². The third kappa shape index (κ3) is 5.41. The van der Waals surface area contributed by atoms with Gasteiger partial charge in [-0.3, -0.25) is 4.55 Å². The van der Waals surface area contributed by atoms with Crippen LogP contribution in [0.4, 0.5) is 0 Å². The molecule has 0 bridgehead atoms. The van der Waals surface area contributed by atoms with Crippen molar-refractivity contribution < 1.29 is 21.9 Å². The minimum Gasteiger partial charge on any atom is -0.300 e. The van der Waals surface area contributed by atoms with Gasteiger partial charge in [-0.25, -0.2) is 4.18 Å². The Morgan fingerprint density at radius 1 is 1.67 bits per heavy atom. The van der Waals surface area contributed by atoms with Crippen molar-refractivity contribution in [3.8, 4) is 0 Å². The molecular weight excluding hydrogens is 148 g/mol. The van der Waals surface area contributed by atoms with E-state index in [0.717, 1.165) is 0 Å². The van der Waals surface area contributed by atoms with Crippen molar-refractivity contribution in [3.05, 3.63) is 0 Å². The van der Waals surface area contributed by atoms with E-state index < -0.39 is 16.5 Å². The van der Waals surface area contributed by atoms with Gasteiger partial charge >= 0.3 is 10.4 Å². The molecule has 9 heavy (non-hydrogen) atoms. The topological polar surface area (TPSA) is 80.7 Å². The van der Waals surface area contributed by atoms with Crippen molar-refractivity contribution in [2.45, 2.75) is 13.0 Å². The van der Waals surface area contributed by atoms with Gasteiger partial charge in [-0.1, -0.05) is 0 Å². The van der Waals surface area contributed by atoms with E-state index in [2.05, 4.69) is 4.18 Å². The molecule has 1 unspecified atom stereocenters. The van der Waals surface area contributed by atoms with E-state index >= 15 is 0 Å². The van der Waals surface area contributed by atoms with Crippen LogP contribution in [0.5, 0.6) is 0 Å². The fourth-order valence-electron chi connectivity index (χ4n) is 0.214. The molecule has 0 saturated heterocycles. The first-order valence-electron chi connectivity index (χ1n) is 2.06. The molecule has 0 fully saturated rings. The molecule has 0 spiro atoms. The molecule has 1 N–H and O–H groups in total. The highest BCUT2D eigenvalue weighted by atomic mass is 32.3. The van der Waals surface area contributed by atoms with Gasteiger partial charge in [-0.15, -0.1) is 0 Å². The predicted octanol–water partition coefficient (Wildman–Crippen LogP) is -0.607. The SMILES string of the molecule is CC(C=O)OS(=O)(=O)O. The average Bonchev–Trinajstić information content (AvgIpc) is 1.62. The summed E-state index contributed by atoms with van der Waals surface area (Å²) in [6.45, 7) is 1.20. The summed E-state index contributed by atoms with van der Waals surface area (Å²) in [5, 5.41) is 0. The van der Waals surface area contributed by atoms with E-state index in [4.69, 9.17) is 4.55 Å². The Balaban J connectivity index is 3.89. The lowest BCUT2D eigenvalue weighted by Crippen LogP contribution is -2.14. The van der Waals surface area contributed by atoms with Crippen molar-refractivity contribution in [1.82, 2.24) is 0 Å². The molecule has 0 amide bonds. The zero-order chi connectivity index (χ0) is 7.49. The standard InChI is InChI=1S/C3H6O5S/c1-3(2-4)8-9(5,6)7/h2-3H,1H3,(H,5,6,7). The van der Waals surface area contributed by atoms with Crippen LogP contribution >= 0.6 is 0 Å². The number of hydrogen-bond donors (Lipinski definition) is 1. The molecule has 0 aromatic carbocycles. The molecule has 0 aromatic rings. The first-order chi connectivity index (χ1) is 3.95. The molecular formula is C3H6O5S. The smallest absolute Gasteiger partial charge is 0.300 e. The van der Waals surface area contributed by atoms with Crippen LogP contribution in [0, 0.1) is 0 Å². The fraction of sp³-hybridized carbons (Fsp3) is 0.667. The lowest BCUT2D eigenvalue weighted by atomic mass is 10.5. The second-order valence-electron chi connectivity index (χ2n) is 1.37. The van der Waals surface area contributed by atoms with Gasteiger partial charge in [0.2, 0.25) is 0 Å². The highest BCUT2D eigenvalue weighted by Gasteiger charge is 2.09. The van der Waals surface area contributed by atoms with Gasteiger partial charge in [-0.2, -0.15) is 8.42 Å². The monoisotopic (exact) mass is 154 g/mol. The Labute approximate surface area is 52.6 Å². The van der Waals surface area contributed by atoms with Crippen LogP contribution < -0.4 is 0 Å². The second kappa shape index (κ2) is 2.90. The second-order valence-corrected chi connectivity index (χ2v) is 2.41. The van der Waals surface area contributed by atoms with Crippen LogP contribution in [0.1, 0.15) is 6.92 Å². The van der Waals surface area contributed by atoms with Gasteiger partial charge < -0.3 is 4.79 Å². The van der Waals surface area contributed by atoms with Gasteiger partial charge in [0.1, 0.15) is 12.4 Å². The van der Waals surface area contributed by atoms with E-state index in [-0.39, 0.29) is 6.29 Å². The summed E-state index contributed by atoms with van der Waals surface area (Å²) < 4.78 is 31.2. The Kier molecular flexibility index (Phi) is 2.75. The molecule has 0 radical (unpaired) electrons. The summed E-state index contributed by atoms with van der Waals surface area (Å²) in [6, 6.07) is 0. The van der Waals surface area contributed by atoms with Crippen molar-refractivity contribution in [1.29, 1.82) is 0 Å². The number of hydrogen-bond acceptors (Lipinski definition) is 4. The van der Waals surface area contributed by atoms with Crippen LogP contribution in [0.3, 0.4) is 0 Å². The molecule has 0 rings (SSSR count). The van der Waals surface area contributed by atoms with E-state index in [1.165, 1.54) is 6.92 Å². The zero-order valence-electron chi connectivity index (χ0n) is 4.64. The van der Waals surface area contributed by atoms with Gasteiger partial charge in [0.25, 0.3) is 0 Å². The van der Waals surface area contributed by atoms with E-state index in [0.29, 0.717) is 0 Å². The quantitative estimate of drug-likeness (QED) is 0.433. The summed E-state index contributed by atoms with van der Waals surface area (Å²) in [6.07, 6.45) is -0.867. The van der Waals surface area contributed by atoms with Crippen molar-refractivity contribution in [2.75, 3.05) is 0 Å². The van der Waals surface area contributed by atoms with Crippen LogP contribution in [0.25, 0.3) is 0 Å². The van der Waals surface area contributed by atoms with Crippen LogP contribution in [-0.4, -0.2) is 25.4 Å². The van der Waals surface area contributed by atoms with Crippen molar-refractivity contribution in [3.63, 3.8) is 0 Å². The molecule has 0 aromatic heterocycles. The highest BCUT2D eigenvalue weighted by Crippen LogP contribution is 1.91. The zero-order valence-corrected chi connectivity index (χ0v) is 5.46. The average molecular weight is 154 g/mol. The Bertz CT molecular complexity index is 180. The summed E-state index contributed by atoms with van der Waals surface area (Å²) in [5.41, 5.74) is 0. The van der Waals surface area contributed by atoms with E-state index in [1.807, 2.05) is 0 Å². The van der Waals surface area contributed by atoms with Crippen LogP contribution in [-0.2, 0) is 19.4 Å². The minimum absolute atomic E-state index is 0.258. The molecule has 0 heterocycles. The van der Waals surface area contributed by atoms with Crippen LogP contribution in [0.2, 0.25) is 0 Å². The molecule has 0 saturated carbocycles. The lowest BCUT2D eigenvalue weighted by molar-refractivity contribution is -0.113. The Morgan fingerprint density at radius 2 is 2.11 bits per heavy atom. The molecule has 1 atom stereocenters. The summed E-state index contributed by atoms with van der Waals surface area (Å²) in [7, 11) is -4.47. The molecule has 6 heteroatoms. The van der Waals surface area contributed by atoms with E-state index in [9.17, 15) is 13.2 Å². The number of carbonyl (C=O) groups excluding carboxylic acids is 1. The maximum Gasteiger partial charge on any atom is 0.398 e. The van der Waals surface area contributed by atoms with Gasteiger partial charge in [0.15, 0.2) is 0 Å². The van der Waals surface area contributed by atoms with Crippen molar-refractivity contribution in [2.24, 2.45) is 0 Å². The van der Waals surface area contributed by atoms with Gasteiger partial charge in [0.05, 0.1) is 0 Å². The Hall–Kier alpha value is -0.460. The maximum atomic E-state index is 9.78. The summed E-state index contributed by atoms with van der Waals surface area (Å²) >= 11 is 0. The third-order valence-electron chi connectivity index (χ3n) is 0.465. The number of carbonyl (C=O) groups is 1. The maximum absolute atomic E-state index is 9.78. The first kappa shape index (κ1) is 8.54. The molecule has 54 valence electrons. The molecule has 0 aliphatic carbocycles. The van der Waals surface area contributed by atoms with Gasteiger partial charge in [-0.05, 0) is 6.92 Å². The van der Waals surface area contributed by atoms with Gasteiger partial charge in [0, 0.05) is 0 Å². The number of aldehydes is 1. The fourth-order valence-corrected chi connectivity index (χ4v) is 0.643. The normalized spacial score (nSPS) is 14.9.